The maximum absolute atomic E-state index is 11.0. The molecule has 0 saturated heterocycles. The van der Waals surface area contributed by atoms with Crippen LogP contribution in [0.3, 0.4) is 0 Å². The summed E-state index contributed by atoms with van der Waals surface area (Å²) < 4.78 is 3.95. The Hall–Kier alpha value is -1.03. The number of hydrogen-bond acceptors (Lipinski definition) is 2. The van der Waals surface area contributed by atoms with Crippen LogP contribution >= 0.6 is 22.6 Å². The lowest BCUT2D eigenvalue weighted by Gasteiger charge is -1.95. The molecule has 1 N–H and O–H groups in total. The molecule has 0 spiro atoms. The van der Waals surface area contributed by atoms with E-state index in [1.165, 1.54) is 16.8 Å². The van der Waals surface area contributed by atoms with Crippen LogP contribution in [0.15, 0.2) is 21.9 Å². The Bertz CT molecular complexity index is 435. The average molecular weight is 276 g/mol. The molecule has 1 heterocycles. The fourth-order valence-electron chi connectivity index (χ4n) is 0.684. The zero-order chi connectivity index (χ0) is 8.97. The summed E-state index contributed by atoms with van der Waals surface area (Å²) in [6.07, 6.45) is 1.42. The molecule has 0 aromatic carbocycles. The van der Waals surface area contributed by atoms with Gasteiger partial charge in [0.1, 0.15) is 0 Å². The molecule has 4 nitrogen and oxygen atoms in total. The maximum Gasteiger partial charge on any atom is 0.329 e. The second-order valence-electron chi connectivity index (χ2n) is 2.01. The quantitative estimate of drug-likeness (QED) is 0.576. The molecule has 1 rings (SSSR count). The summed E-state index contributed by atoms with van der Waals surface area (Å²) >= 11 is 1.88. The Morgan fingerprint density at radius 2 is 2.33 bits per heavy atom. The molecule has 1 aromatic rings. The van der Waals surface area contributed by atoms with Gasteiger partial charge >= 0.3 is 5.69 Å². The number of halogens is 1. The average Bonchev–Trinajstić information content (AvgIpc) is 2.03. The van der Waals surface area contributed by atoms with E-state index in [0.29, 0.717) is 6.54 Å². The number of rotatable bonds is 1. The molecule has 5 heteroatoms. The summed E-state index contributed by atoms with van der Waals surface area (Å²) in [5.41, 5.74) is -0.819. The summed E-state index contributed by atoms with van der Waals surface area (Å²) in [6, 6.07) is 1.29. The van der Waals surface area contributed by atoms with Gasteiger partial charge in [-0.3, -0.25) is 14.3 Å². The van der Waals surface area contributed by atoms with Crippen LogP contribution in [0.2, 0.25) is 0 Å². The van der Waals surface area contributed by atoms with Crippen LogP contribution in [0.4, 0.5) is 0 Å². The topological polar surface area (TPSA) is 54.9 Å². The third kappa shape index (κ3) is 2.23. The molecule has 0 fully saturated rings. The number of aromatic amines is 1. The van der Waals surface area contributed by atoms with E-state index in [2.05, 4.69) is 14.8 Å². The number of aromatic nitrogens is 2. The van der Waals surface area contributed by atoms with Crippen molar-refractivity contribution in [2.24, 2.45) is 0 Å². The van der Waals surface area contributed by atoms with Crippen molar-refractivity contribution in [2.45, 2.75) is 6.54 Å². The van der Waals surface area contributed by atoms with Crippen LogP contribution in [0, 0.1) is 9.85 Å². The Kier molecular flexibility index (Phi) is 3.10. The molecule has 0 aliphatic heterocycles. The third-order valence-electron chi connectivity index (χ3n) is 1.21. The lowest BCUT2D eigenvalue weighted by Crippen LogP contribution is -2.28. The highest BCUT2D eigenvalue weighted by atomic mass is 127. The number of hydrogen-bond donors (Lipinski definition) is 1. The van der Waals surface area contributed by atoms with Gasteiger partial charge in [0, 0.05) is 34.9 Å². The summed E-state index contributed by atoms with van der Waals surface area (Å²) in [4.78, 5) is 23.7. The Morgan fingerprint density at radius 3 is 2.92 bits per heavy atom. The number of H-pyrrole nitrogens is 1. The van der Waals surface area contributed by atoms with Gasteiger partial charge in [-0.15, -0.1) is 0 Å². The van der Waals surface area contributed by atoms with Crippen molar-refractivity contribution < 1.29 is 0 Å². The highest BCUT2D eigenvalue weighted by molar-refractivity contribution is 14.1. The second-order valence-corrected chi connectivity index (χ2v) is 2.55. The Morgan fingerprint density at radius 1 is 1.58 bits per heavy atom. The lowest BCUT2D eigenvalue weighted by molar-refractivity contribution is 0.750. The molecular weight excluding hydrogens is 271 g/mol. The van der Waals surface area contributed by atoms with Gasteiger partial charge in [0.2, 0.25) is 0 Å². The molecule has 0 unspecified atom stereocenters. The maximum atomic E-state index is 11.0. The van der Waals surface area contributed by atoms with Gasteiger partial charge in [-0.25, -0.2) is 4.79 Å². The minimum Gasteiger partial charge on any atom is -0.289 e. The zero-order valence-electron chi connectivity index (χ0n) is 6.00. The molecule has 0 aliphatic rings. The van der Waals surface area contributed by atoms with Crippen LogP contribution in [-0.4, -0.2) is 9.55 Å². The van der Waals surface area contributed by atoms with Crippen molar-refractivity contribution in [1.29, 1.82) is 0 Å². The van der Waals surface area contributed by atoms with Gasteiger partial charge in [-0.1, -0.05) is 5.92 Å². The van der Waals surface area contributed by atoms with Crippen molar-refractivity contribution in [2.75, 3.05) is 0 Å². The molecule has 0 atom stereocenters. The van der Waals surface area contributed by atoms with E-state index in [4.69, 9.17) is 0 Å². The number of nitrogens with one attached hydrogen (secondary N) is 1. The predicted molar refractivity (Wildman–Crippen MR) is 53.1 cm³/mol. The van der Waals surface area contributed by atoms with Crippen LogP contribution in [0.25, 0.3) is 0 Å². The van der Waals surface area contributed by atoms with E-state index in [9.17, 15) is 9.59 Å². The van der Waals surface area contributed by atoms with Crippen molar-refractivity contribution in [3.8, 4) is 9.85 Å². The van der Waals surface area contributed by atoms with Gasteiger partial charge in [-0.2, -0.15) is 0 Å². The van der Waals surface area contributed by atoms with E-state index in [-0.39, 0.29) is 0 Å². The Labute approximate surface area is 81.8 Å². The summed E-state index contributed by atoms with van der Waals surface area (Å²) in [6.45, 7) is 0.304. The van der Waals surface area contributed by atoms with Crippen molar-refractivity contribution in [1.82, 2.24) is 9.55 Å². The smallest absolute Gasteiger partial charge is 0.289 e. The zero-order valence-corrected chi connectivity index (χ0v) is 8.16. The van der Waals surface area contributed by atoms with E-state index in [1.807, 2.05) is 22.6 Å². The fraction of sp³-hybridized carbons (Fsp3) is 0.143. The molecule has 62 valence electrons. The predicted octanol–water partition coefficient (Wildman–Crippen LogP) is -0.0675. The van der Waals surface area contributed by atoms with Gasteiger partial charge in [-0.05, 0) is 3.93 Å². The monoisotopic (exact) mass is 276 g/mol. The summed E-state index contributed by atoms with van der Waals surface area (Å²) in [5.74, 6) is 2.70. The Balaban J connectivity index is 3.08. The first-order valence-corrected chi connectivity index (χ1v) is 4.20. The van der Waals surface area contributed by atoms with E-state index >= 15 is 0 Å². The van der Waals surface area contributed by atoms with Gasteiger partial charge in [0.25, 0.3) is 5.56 Å². The van der Waals surface area contributed by atoms with E-state index in [1.54, 1.807) is 0 Å². The molecule has 12 heavy (non-hydrogen) atoms. The molecule has 0 amide bonds. The lowest BCUT2D eigenvalue weighted by atomic mass is 10.6. The van der Waals surface area contributed by atoms with Gasteiger partial charge < -0.3 is 0 Å². The van der Waals surface area contributed by atoms with Crippen molar-refractivity contribution in [3.05, 3.63) is 33.1 Å². The number of nitrogens with zero attached hydrogens (tertiary/aromatic N) is 1. The second kappa shape index (κ2) is 4.11. The normalized spacial score (nSPS) is 8.75. The first-order chi connectivity index (χ1) is 5.74. The summed E-state index contributed by atoms with van der Waals surface area (Å²) in [7, 11) is 0. The van der Waals surface area contributed by atoms with Crippen LogP contribution in [0.5, 0.6) is 0 Å². The minimum absolute atomic E-state index is 0.304. The van der Waals surface area contributed by atoms with E-state index in [0.717, 1.165) is 0 Å². The van der Waals surface area contributed by atoms with Crippen molar-refractivity contribution >= 4 is 22.6 Å². The first-order valence-electron chi connectivity index (χ1n) is 3.12. The fourth-order valence-corrected chi connectivity index (χ4v) is 0.854. The van der Waals surface area contributed by atoms with Gasteiger partial charge in [0.05, 0.1) is 6.54 Å². The molecule has 0 radical (unpaired) electrons. The minimum atomic E-state index is -0.429. The highest BCUT2D eigenvalue weighted by Gasteiger charge is 1.91. The van der Waals surface area contributed by atoms with Crippen LogP contribution < -0.4 is 11.2 Å². The first kappa shape index (κ1) is 9.06. The highest BCUT2D eigenvalue weighted by Crippen LogP contribution is 1.76. The standard InChI is InChI=1S/C7H5IN2O2/c8-3-1-4-10-5-2-6(11)9-7(10)12/h2,5H,4H2,(H,9,11,12). The molecule has 1 aromatic heterocycles. The van der Waals surface area contributed by atoms with E-state index < -0.39 is 11.2 Å². The largest absolute Gasteiger partial charge is 0.329 e. The molecular formula is C7H5IN2O2. The molecule has 0 aliphatic carbocycles. The van der Waals surface area contributed by atoms with Gasteiger partial charge in [0.15, 0.2) is 0 Å². The van der Waals surface area contributed by atoms with Crippen molar-refractivity contribution in [3.63, 3.8) is 0 Å². The summed E-state index contributed by atoms with van der Waals surface area (Å²) in [5, 5.41) is 0. The molecule has 0 saturated carbocycles. The SMILES string of the molecule is O=c1ccn(CC#CI)c(=O)[nH]1. The van der Waals surface area contributed by atoms with Crippen LogP contribution in [-0.2, 0) is 6.54 Å². The third-order valence-corrected chi connectivity index (χ3v) is 1.59. The molecule has 0 bridgehead atoms. The van der Waals surface area contributed by atoms with Crippen LogP contribution in [0.1, 0.15) is 0 Å².